The molecule has 0 heterocycles. The molecule has 0 saturated heterocycles. The molecule has 0 unspecified atom stereocenters. The van der Waals surface area contributed by atoms with Gasteiger partial charge in [0.2, 0.25) is 0 Å². The number of hydrogen-bond donors (Lipinski definition) is 1. The summed E-state index contributed by atoms with van der Waals surface area (Å²) in [5, 5.41) is 0.921. The van der Waals surface area contributed by atoms with Gasteiger partial charge < -0.3 is 5.73 Å². The lowest BCUT2D eigenvalue weighted by atomic mass is 9.96. The van der Waals surface area contributed by atoms with Crippen molar-refractivity contribution in [3.63, 3.8) is 0 Å². The summed E-state index contributed by atoms with van der Waals surface area (Å²) in [5.41, 5.74) is 10.1. The summed E-state index contributed by atoms with van der Waals surface area (Å²) in [7, 11) is 0. The Labute approximate surface area is 90.3 Å². The summed E-state index contributed by atoms with van der Waals surface area (Å²) in [4.78, 5) is 0. The summed E-state index contributed by atoms with van der Waals surface area (Å²) in [6, 6.07) is 4.27. The summed E-state index contributed by atoms with van der Waals surface area (Å²) in [5.74, 6) is 0. The molecule has 1 aliphatic rings. The molecule has 1 atom stereocenters. The molecule has 2 heteroatoms. The third-order valence-corrected chi connectivity index (χ3v) is 3.46. The maximum absolute atomic E-state index is 6.15. The van der Waals surface area contributed by atoms with Crippen molar-refractivity contribution in [1.29, 1.82) is 0 Å². The number of rotatable bonds is 2. The topological polar surface area (TPSA) is 26.0 Å². The Morgan fingerprint density at radius 2 is 2.07 bits per heavy atom. The fraction of sp³-hybridized carbons (Fsp3) is 0.500. The van der Waals surface area contributed by atoms with E-state index in [0.29, 0.717) is 0 Å². The van der Waals surface area contributed by atoms with E-state index in [2.05, 4.69) is 13.0 Å². The highest BCUT2D eigenvalue weighted by atomic mass is 35.5. The Bertz CT molecular complexity index is 346. The predicted octanol–water partition coefficient (Wildman–Crippen LogP) is 3.24. The van der Waals surface area contributed by atoms with Crippen LogP contribution in [0.2, 0.25) is 5.02 Å². The maximum Gasteiger partial charge on any atom is 0.0440 e. The second kappa shape index (κ2) is 3.92. The van der Waals surface area contributed by atoms with Crippen LogP contribution in [0.25, 0.3) is 0 Å². The first-order chi connectivity index (χ1) is 6.74. The molecule has 0 radical (unpaired) electrons. The van der Waals surface area contributed by atoms with Crippen LogP contribution in [-0.2, 0) is 12.8 Å². The molecule has 0 bridgehead atoms. The molecule has 0 fully saturated rings. The largest absolute Gasteiger partial charge is 0.324 e. The SMILES string of the molecule is CC[C@@H](N)c1ccc(Cl)c2c1CCC2. The van der Waals surface area contributed by atoms with E-state index in [9.17, 15) is 0 Å². The van der Waals surface area contributed by atoms with Crippen LogP contribution in [0.3, 0.4) is 0 Å². The number of nitrogens with two attached hydrogens (primary N) is 1. The number of fused-ring (bicyclic) bond motifs is 1. The van der Waals surface area contributed by atoms with Gasteiger partial charge in [-0.2, -0.15) is 0 Å². The van der Waals surface area contributed by atoms with E-state index in [4.69, 9.17) is 17.3 Å². The molecule has 2 N–H and O–H groups in total. The van der Waals surface area contributed by atoms with Gasteiger partial charge in [0.1, 0.15) is 0 Å². The van der Waals surface area contributed by atoms with Gasteiger partial charge in [-0.3, -0.25) is 0 Å². The van der Waals surface area contributed by atoms with Gasteiger partial charge in [0, 0.05) is 11.1 Å². The molecular formula is C12H16ClN. The van der Waals surface area contributed by atoms with Gasteiger partial charge in [-0.1, -0.05) is 24.6 Å². The highest BCUT2D eigenvalue weighted by Gasteiger charge is 2.19. The molecule has 1 aromatic carbocycles. The van der Waals surface area contributed by atoms with Gasteiger partial charge in [-0.15, -0.1) is 0 Å². The van der Waals surface area contributed by atoms with Crippen LogP contribution in [0, 0.1) is 0 Å². The Kier molecular flexibility index (Phi) is 2.80. The molecule has 1 aromatic rings. The summed E-state index contributed by atoms with van der Waals surface area (Å²) < 4.78 is 0. The van der Waals surface area contributed by atoms with E-state index >= 15 is 0 Å². The minimum Gasteiger partial charge on any atom is -0.324 e. The van der Waals surface area contributed by atoms with Crippen LogP contribution in [0.1, 0.15) is 42.5 Å². The lowest BCUT2D eigenvalue weighted by Crippen LogP contribution is -2.11. The van der Waals surface area contributed by atoms with Crippen molar-refractivity contribution < 1.29 is 0 Å². The Morgan fingerprint density at radius 1 is 1.36 bits per heavy atom. The fourth-order valence-electron chi connectivity index (χ4n) is 2.26. The van der Waals surface area contributed by atoms with E-state index in [-0.39, 0.29) is 6.04 Å². The summed E-state index contributed by atoms with van der Waals surface area (Å²) in [6.07, 6.45) is 4.49. The standard InChI is InChI=1S/C12H16ClN/c1-2-12(14)10-6-7-11(13)9-5-3-4-8(9)10/h6-7,12H,2-5,14H2,1H3/t12-/m1/s1. The van der Waals surface area contributed by atoms with Gasteiger partial charge in [0.25, 0.3) is 0 Å². The number of hydrogen-bond acceptors (Lipinski definition) is 1. The minimum atomic E-state index is 0.180. The van der Waals surface area contributed by atoms with Crippen molar-refractivity contribution in [3.05, 3.63) is 33.8 Å². The number of halogens is 1. The summed E-state index contributed by atoms with van der Waals surface area (Å²) >= 11 is 6.15. The average molecular weight is 210 g/mol. The molecule has 0 spiro atoms. The lowest BCUT2D eigenvalue weighted by Gasteiger charge is -2.15. The van der Waals surface area contributed by atoms with Gasteiger partial charge in [-0.25, -0.2) is 0 Å². The van der Waals surface area contributed by atoms with Crippen molar-refractivity contribution in [2.24, 2.45) is 5.73 Å². The molecule has 0 amide bonds. The van der Waals surface area contributed by atoms with E-state index in [0.717, 1.165) is 24.3 Å². The van der Waals surface area contributed by atoms with Crippen molar-refractivity contribution in [2.45, 2.75) is 38.6 Å². The molecule has 2 rings (SSSR count). The van der Waals surface area contributed by atoms with Crippen molar-refractivity contribution in [1.82, 2.24) is 0 Å². The second-order valence-corrected chi connectivity index (χ2v) is 4.37. The first-order valence-electron chi connectivity index (χ1n) is 5.29. The van der Waals surface area contributed by atoms with Gasteiger partial charge in [-0.05, 0) is 48.4 Å². The predicted molar refractivity (Wildman–Crippen MR) is 60.7 cm³/mol. The van der Waals surface area contributed by atoms with Crippen molar-refractivity contribution in [3.8, 4) is 0 Å². The smallest absolute Gasteiger partial charge is 0.0440 e. The van der Waals surface area contributed by atoms with Crippen LogP contribution in [0.15, 0.2) is 12.1 Å². The molecule has 1 nitrogen and oxygen atoms in total. The van der Waals surface area contributed by atoms with Crippen LogP contribution >= 0.6 is 11.6 Å². The van der Waals surface area contributed by atoms with Gasteiger partial charge in [0.15, 0.2) is 0 Å². The molecule has 0 aromatic heterocycles. The van der Waals surface area contributed by atoms with Crippen LogP contribution in [-0.4, -0.2) is 0 Å². The average Bonchev–Trinajstić information content (AvgIpc) is 2.67. The molecule has 0 saturated carbocycles. The molecule has 14 heavy (non-hydrogen) atoms. The van der Waals surface area contributed by atoms with Gasteiger partial charge in [0.05, 0.1) is 0 Å². The number of benzene rings is 1. The second-order valence-electron chi connectivity index (χ2n) is 3.96. The third kappa shape index (κ3) is 1.55. The quantitative estimate of drug-likeness (QED) is 0.795. The van der Waals surface area contributed by atoms with Crippen LogP contribution in [0.5, 0.6) is 0 Å². The highest BCUT2D eigenvalue weighted by Crippen LogP contribution is 2.34. The summed E-state index contributed by atoms with van der Waals surface area (Å²) in [6.45, 7) is 2.13. The van der Waals surface area contributed by atoms with Crippen LogP contribution in [0.4, 0.5) is 0 Å². The Hall–Kier alpha value is -0.530. The fourth-order valence-corrected chi connectivity index (χ4v) is 2.53. The van der Waals surface area contributed by atoms with E-state index < -0.39 is 0 Å². The van der Waals surface area contributed by atoms with Crippen molar-refractivity contribution >= 4 is 11.6 Å². The molecule has 0 aliphatic heterocycles. The Balaban J connectivity index is 2.48. The zero-order valence-electron chi connectivity index (χ0n) is 8.52. The van der Waals surface area contributed by atoms with Crippen LogP contribution < -0.4 is 5.73 Å². The first-order valence-corrected chi connectivity index (χ1v) is 5.67. The van der Waals surface area contributed by atoms with E-state index in [1.165, 1.54) is 23.1 Å². The lowest BCUT2D eigenvalue weighted by molar-refractivity contribution is 0.690. The van der Waals surface area contributed by atoms with Crippen molar-refractivity contribution in [2.75, 3.05) is 0 Å². The third-order valence-electron chi connectivity index (χ3n) is 3.10. The highest BCUT2D eigenvalue weighted by molar-refractivity contribution is 6.31. The maximum atomic E-state index is 6.15. The zero-order valence-corrected chi connectivity index (χ0v) is 9.27. The van der Waals surface area contributed by atoms with E-state index in [1.54, 1.807) is 0 Å². The minimum absolute atomic E-state index is 0.180. The molecule has 76 valence electrons. The zero-order chi connectivity index (χ0) is 10.1. The van der Waals surface area contributed by atoms with E-state index in [1.807, 2.05) is 6.07 Å². The molecular weight excluding hydrogens is 194 g/mol. The molecule has 1 aliphatic carbocycles. The monoisotopic (exact) mass is 209 g/mol. The first kappa shape index (κ1) is 10.0. The van der Waals surface area contributed by atoms with Gasteiger partial charge >= 0.3 is 0 Å². The Morgan fingerprint density at radius 3 is 2.79 bits per heavy atom. The normalized spacial score (nSPS) is 16.8.